The maximum absolute atomic E-state index is 13.4. The van der Waals surface area contributed by atoms with Crippen LogP contribution < -0.4 is 10.6 Å². The summed E-state index contributed by atoms with van der Waals surface area (Å²) >= 11 is 0. The molecule has 1 aliphatic rings. The fraction of sp³-hybridized carbons (Fsp3) is 0.364. The molecular weight excluding hydrogens is 376 g/mol. The molecule has 0 bridgehead atoms. The second kappa shape index (κ2) is 9.03. The maximum atomic E-state index is 13.4. The predicted molar refractivity (Wildman–Crippen MR) is 108 cm³/mol. The molecule has 0 saturated heterocycles. The summed E-state index contributed by atoms with van der Waals surface area (Å²) in [5, 5.41) is 5.78. The van der Waals surface area contributed by atoms with Crippen LogP contribution in [0.2, 0.25) is 0 Å². The van der Waals surface area contributed by atoms with Gasteiger partial charge < -0.3 is 15.5 Å². The van der Waals surface area contributed by atoms with Crippen molar-refractivity contribution < 1.29 is 18.4 Å². The number of halogens is 2. The van der Waals surface area contributed by atoms with Gasteiger partial charge >= 0.3 is 6.03 Å². The van der Waals surface area contributed by atoms with Gasteiger partial charge in [-0.05, 0) is 61.1 Å². The fourth-order valence-corrected chi connectivity index (χ4v) is 3.74. The predicted octanol–water partition coefficient (Wildman–Crippen LogP) is 4.54. The number of carbonyl (C=O) groups excluding carboxylic acids is 2. The van der Waals surface area contributed by atoms with Crippen molar-refractivity contribution in [2.24, 2.45) is 0 Å². The van der Waals surface area contributed by atoms with Gasteiger partial charge in [-0.2, -0.15) is 0 Å². The Labute approximate surface area is 169 Å². The van der Waals surface area contributed by atoms with E-state index in [9.17, 15) is 18.4 Å². The largest absolute Gasteiger partial charge is 0.354 e. The smallest absolute Gasteiger partial charge is 0.321 e. The Morgan fingerprint density at radius 1 is 0.931 bits per heavy atom. The highest BCUT2D eigenvalue weighted by Gasteiger charge is 2.26. The molecule has 0 unspecified atom stereocenters. The summed E-state index contributed by atoms with van der Waals surface area (Å²) in [4.78, 5) is 25.4. The number of nitrogens with one attached hydrogen (secondary N) is 2. The van der Waals surface area contributed by atoms with E-state index >= 15 is 0 Å². The number of carbonyl (C=O) groups is 2. The van der Waals surface area contributed by atoms with E-state index < -0.39 is 11.6 Å². The summed E-state index contributed by atoms with van der Waals surface area (Å²) < 4.78 is 26.8. The van der Waals surface area contributed by atoms with Crippen molar-refractivity contribution in [1.29, 1.82) is 0 Å². The van der Waals surface area contributed by atoms with Gasteiger partial charge in [0.25, 0.3) is 0 Å². The van der Waals surface area contributed by atoms with Gasteiger partial charge in [-0.3, -0.25) is 4.79 Å². The molecule has 0 heterocycles. The molecule has 0 spiro atoms. The summed E-state index contributed by atoms with van der Waals surface area (Å²) in [6, 6.07) is 10.3. The number of hydrogen-bond acceptors (Lipinski definition) is 2. The average Bonchev–Trinajstić information content (AvgIpc) is 2.67. The molecule has 1 fully saturated rings. The zero-order valence-electron chi connectivity index (χ0n) is 16.5. The molecule has 0 aromatic heterocycles. The van der Waals surface area contributed by atoms with E-state index in [1.54, 1.807) is 36.2 Å². The lowest BCUT2D eigenvalue weighted by Crippen LogP contribution is -2.45. The number of urea groups is 1. The molecule has 0 radical (unpaired) electrons. The van der Waals surface area contributed by atoms with Crippen LogP contribution >= 0.6 is 0 Å². The molecule has 5 nitrogen and oxygen atoms in total. The Morgan fingerprint density at radius 3 is 2.07 bits per heavy atom. The average molecular weight is 401 g/mol. The van der Waals surface area contributed by atoms with Crippen LogP contribution in [0.1, 0.15) is 32.6 Å². The number of hydrogen-bond donors (Lipinski definition) is 2. The maximum Gasteiger partial charge on any atom is 0.321 e. The molecule has 1 saturated carbocycles. The molecule has 3 rings (SSSR count). The van der Waals surface area contributed by atoms with Crippen molar-refractivity contribution in [3.8, 4) is 11.1 Å². The van der Waals surface area contributed by atoms with Crippen LogP contribution in [-0.4, -0.2) is 36.0 Å². The number of amides is 3. The fourth-order valence-electron chi connectivity index (χ4n) is 3.74. The first-order valence-electron chi connectivity index (χ1n) is 9.69. The Bertz CT molecular complexity index is 858. The lowest BCUT2D eigenvalue weighted by molar-refractivity contribution is -0.119. The van der Waals surface area contributed by atoms with Gasteiger partial charge in [0.15, 0.2) is 0 Å². The van der Waals surface area contributed by atoms with E-state index in [2.05, 4.69) is 10.6 Å². The van der Waals surface area contributed by atoms with Crippen LogP contribution in [0, 0.1) is 11.6 Å². The molecule has 2 aromatic carbocycles. The zero-order valence-corrected chi connectivity index (χ0v) is 16.5. The molecule has 0 atom stereocenters. The van der Waals surface area contributed by atoms with Crippen molar-refractivity contribution in [3.63, 3.8) is 0 Å². The molecule has 1 aliphatic carbocycles. The van der Waals surface area contributed by atoms with E-state index in [0.29, 0.717) is 16.8 Å². The SMILES string of the molecule is CC(=O)NC1CCC(N(C)C(=O)Nc2ccc(-c3cc(F)cc(F)c3)cc2)CC1. The molecular formula is C22H25F2N3O2. The normalized spacial score (nSPS) is 18.8. The summed E-state index contributed by atoms with van der Waals surface area (Å²) in [5.74, 6) is -1.29. The highest BCUT2D eigenvalue weighted by molar-refractivity contribution is 5.89. The Hall–Kier alpha value is -2.96. The number of rotatable bonds is 4. The van der Waals surface area contributed by atoms with Gasteiger partial charge in [0.2, 0.25) is 5.91 Å². The van der Waals surface area contributed by atoms with Crippen LogP contribution in [0.25, 0.3) is 11.1 Å². The first-order chi connectivity index (χ1) is 13.8. The monoisotopic (exact) mass is 401 g/mol. The minimum atomic E-state index is -0.632. The van der Waals surface area contributed by atoms with Crippen LogP contribution in [0.4, 0.5) is 19.3 Å². The molecule has 154 valence electrons. The van der Waals surface area contributed by atoms with E-state index in [1.165, 1.54) is 19.1 Å². The molecule has 3 amide bonds. The van der Waals surface area contributed by atoms with Crippen molar-refractivity contribution in [2.45, 2.75) is 44.7 Å². The second-order valence-electron chi connectivity index (χ2n) is 7.48. The summed E-state index contributed by atoms with van der Waals surface area (Å²) in [6.07, 6.45) is 3.36. The quantitative estimate of drug-likeness (QED) is 0.790. The molecule has 0 aliphatic heterocycles. The van der Waals surface area contributed by atoms with Crippen molar-refractivity contribution in [3.05, 3.63) is 54.1 Å². The number of benzene rings is 2. The van der Waals surface area contributed by atoms with Gasteiger partial charge in [0.1, 0.15) is 11.6 Å². The number of nitrogens with zero attached hydrogens (tertiary/aromatic N) is 1. The number of anilines is 1. The third-order valence-corrected chi connectivity index (χ3v) is 5.30. The van der Waals surface area contributed by atoms with Crippen molar-refractivity contribution in [2.75, 3.05) is 12.4 Å². The van der Waals surface area contributed by atoms with E-state index in [-0.39, 0.29) is 24.0 Å². The minimum absolute atomic E-state index is 0.0241. The minimum Gasteiger partial charge on any atom is -0.354 e. The Morgan fingerprint density at radius 2 is 1.52 bits per heavy atom. The Kier molecular flexibility index (Phi) is 6.46. The topological polar surface area (TPSA) is 61.4 Å². The third-order valence-electron chi connectivity index (χ3n) is 5.30. The van der Waals surface area contributed by atoms with Crippen molar-refractivity contribution in [1.82, 2.24) is 10.2 Å². The van der Waals surface area contributed by atoms with Gasteiger partial charge in [-0.25, -0.2) is 13.6 Å². The van der Waals surface area contributed by atoms with Gasteiger partial charge in [0, 0.05) is 37.8 Å². The standard InChI is InChI=1S/C22H25F2N3O2/c1-14(28)25-19-7-9-21(10-8-19)27(2)22(29)26-20-5-3-15(4-6-20)16-11-17(23)13-18(24)12-16/h3-6,11-13,19,21H,7-10H2,1-2H3,(H,25,28)(H,26,29). The van der Waals surface area contributed by atoms with E-state index in [1.807, 2.05) is 0 Å². The lowest BCUT2D eigenvalue weighted by atomic mass is 9.90. The van der Waals surface area contributed by atoms with Gasteiger partial charge in [0.05, 0.1) is 0 Å². The molecule has 7 heteroatoms. The summed E-state index contributed by atoms with van der Waals surface area (Å²) in [6.45, 7) is 1.52. The summed E-state index contributed by atoms with van der Waals surface area (Å²) in [5.41, 5.74) is 1.70. The highest BCUT2D eigenvalue weighted by Crippen LogP contribution is 2.25. The molecule has 2 aromatic rings. The van der Waals surface area contributed by atoms with Crippen LogP contribution in [0.3, 0.4) is 0 Å². The zero-order chi connectivity index (χ0) is 21.0. The first kappa shape index (κ1) is 20.8. The van der Waals surface area contributed by atoms with Crippen molar-refractivity contribution >= 4 is 17.6 Å². The van der Waals surface area contributed by atoms with Gasteiger partial charge in [-0.15, -0.1) is 0 Å². The lowest BCUT2D eigenvalue weighted by Gasteiger charge is -2.34. The van der Waals surface area contributed by atoms with E-state index in [0.717, 1.165) is 31.7 Å². The Balaban J connectivity index is 1.57. The van der Waals surface area contributed by atoms with E-state index in [4.69, 9.17) is 0 Å². The van der Waals surface area contributed by atoms with Crippen LogP contribution in [0.5, 0.6) is 0 Å². The molecule has 2 N–H and O–H groups in total. The molecule has 29 heavy (non-hydrogen) atoms. The second-order valence-corrected chi connectivity index (χ2v) is 7.48. The summed E-state index contributed by atoms with van der Waals surface area (Å²) in [7, 11) is 1.77. The van der Waals surface area contributed by atoms with Gasteiger partial charge in [-0.1, -0.05) is 12.1 Å². The first-order valence-corrected chi connectivity index (χ1v) is 9.69. The highest BCUT2D eigenvalue weighted by atomic mass is 19.1. The van der Waals surface area contributed by atoms with Crippen LogP contribution in [0.15, 0.2) is 42.5 Å². The van der Waals surface area contributed by atoms with Crippen LogP contribution in [-0.2, 0) is 4.79 Å². The third kappa shape index (κ3) is 5.53.